The van der Waals surface area contributed by atoms with Crippen molar-refractivity contribution in [3.05, 3.63) is 66.1 Å². The topological polar surface area (TPSA) is 68.0 Å². The molecule has 0 radical (unpaired) electrons. The lowest BCUT2D eigenvalue weighted by atomic mass is 10.2. The Kier molecular flexibility index (Phi) is 3.23. The van der Waals surface area contributed by atoms with Crippen LogP contribution in [0.3, 0.4) is 0 Å². The molecule has 0 bridgehead atoms. The van der Waals surface area contributed by atoms with Gasteiger partial charge >= 0.3 is 5.97 Å². The van der Waals surface area contributed by atoms with Crippen molar-refractivity contribution in [1.29, 1.82) is 0 Å². The van der Waals surface area contributed by atoms with Crippen LogP contribution in [-0.2, 0) is 0 Å². The number of carboxylic acids is 1. The van der Waals surface area contributed by atoms with E-state index < -0.39 is 5.97 Å². The molecule has 104 valence electrons. The lowest BCUT2D eigenvalue weighted by Gasteiger charge is -2.04. The number of rotatable bonds is 3. The Hall–Kier alpha value is -2.95. The molecule has 21 heavy (non-hydrogen) atoms. The van der Waals surface area contributed by atoms with Gasteiger partial charge in [-0.15, -0.1) is 0 Å². The van der Waals surface area contributed by atoms with E-state index in [4.69, 9.17) is 0 Å². The molecular formula is C16H13N3O2. The molecule has 0 saturated carbocycles. The first-order chi connectivity index (χ1) is 10.1. The molecule has 2 heterocycles. The third-order valence-electron chi connectivity index (χ3n) is 3.18. The van der Waals surface area contributed by atoms with Gasteiger partial charge in [-0.05, 0) is 37.3 Å². The monoisotopic (exact) mass is 279 g/mol. The molecule has 0 atom stereocenters. The maximum Gasteiger partial charge on any atom is 0.354 e. The summed E-state index contributed by atoms with van der Waals surface area (Å²) in [5.41, 5.74) is 3.40. The molecule has 3 aromatic rings. The number of aromatic nitrogens is 3. The maximum absolute atomic E-state index is 11.4. The van der Waals surface area contributed by atoms with Crippen molar-refractivity contribution in [3.63, 3.8) is 0 Å². The van der Waals surface area contributed by atoms with Gasteiger partial charge in [-0.1, -0.05) is 17.7 Å². The van der Waals surface area contributed by atoms with Gasteiger partial charge in [-0.25, -0.2) is 9.48 Å². The van der Waals surface area contributed by atoms with Gasteiger partial charge in [-0.2, -0.15) is 5.10 Å². The number of nitrogens with zero attached hydrogens (tertiary/aromatic N) is 3. The smallest absolute Gasteiger partial charge is 0.354 e. The highest BCUT2D eigenvalue weighted by atomic mass is 16.4. The molecule has 0 aliphatic heterocycles. The molecule has 0 unspecified atom stereocenters. The van der Waals surface area contributed by atoms with E-state index in [-0.39, 0.29) is 5.69 Å². The largest absolute Gasteiger partial charge is 0.477 e. The second kappa shape index (κ2) is 5.20. The molecule has 1 N–H and O–H groups in total. The lowest BCUT2D eigenvalue weighted by Crippen LogP contribution is -2.07. The van der Waals surface area contributed by atoms with Gasteiger partial charge in [-0.3, -0.25) is 4.98 Å². The Labute approximate surface area is 121 Å². The van der Waals surface area contributed by atoms with Crippen LogP contribution in [0.4, 0.5) is 0 Å². The molecule has 0 amide bonds. The summed E-state index contributed by atoms with van der Waals surface area (Å²) in [5.74, 6) is -1.01. The summed E-state index contributed by atoms with van der Waals surface area (Å²) < 4.78 is 1.44. The number of benzene rings is 1. The normalized spacial score (nSPS) is 10.5. The molecule has 5 nitrogen and oxygen atoms in total. The van der Waals surface area contributed by atoms with Crippen molar-refractivity contribution < 1.29 is 9.90 Å². The standard InChI is InChI=1S/C16H13N3O2/c1-11-2-4-13(5-3-11)19-15(16(20)21)10-14(18-19)12-6-8-17-9-7-12/h2-10H,1H3,(H,20,21). The van der Waals surface area contributed by atoms with Crippen LogP contribution in [0.15, 0.2) is 54.9 Å². The number of pyridine rings is 1. The fourth-order valence-corrected chi connectivity index (χ4v) is 2.08. The lowest BCUT2D eigenvalue weighted by molar-refractivity contribution is 0.0687. The Morgan fingerprint density at radius 1 is 1.10 bits per heavy atom. The average Bonchev–Trinajstić information content (AvgIpc) is 2.94. The molecule has 3 rings (SSSR count). The number of aromatic carboxylic acids is 1. The number of carboxylic acid groups (broad SMARTS) is 1. The fourth-order valence-electron chi connectivity index (χ4n) is 2.08. The first kappa shape index (κ1) is 13.1. The zero-order valence-electron chi connectivity index (χ0n) is 11.4. The second-order valence-corrected chi connectivity index (χ2v) is 4.70. The summed E-state index contributed by atoms with van der Waals surface area (Å²) in [4.78, 5) is 15.4. The predicted molar refractivity (Wildman–Crippen MR) is 78.5 cm³/mol. The van der Waals surface area contributed by atoms with Gasteiger partial charge in [0.25, 0.3) is 0 Å². The van der Waals surface area contributed by atoms with Crippen molar-refractivity contribution in [3.8, 4) is 16.9 Å². The number of hydrogen-bond donors (Lipinski definition) is 1. The first-order valence-electron chi connectivity index (χ1n) is 6.46. The van der Waals surface area contributed by atoms with E-state index in [0.29, 0.717) is 5.69 Å². The predicted octanol–water partition coefficient (Wildman–Crippen LogP) is 2.94. The van der Waals surface area contributed by atoms with Gasteiger partial charge in [0.05, 0.1) is 11.4 Å². The molecule has 5 heteroatoms. The van der Waals surface area contributed by atoms with Crippen molar-refractivity contribution in [2.24, 2.45) is 0 Å². The number of carbonyl (C=O) groups is 1. The molecule has 1 aromatic carbocycles. The van der Waals surface area contributed by atoms with Gasteiger partial charge in [0, 0.05) is 18.0 Å². The van der Waals surface area contributed by atoms with Crippen LogP contribution in [-0.4, -0.2) is 25.8 Å². The van der Waals surface area contributed by atoms with Gasteiger partial charge in [0.1, 0.15) is 0 Å². The van der Waals surface area contributed by atoms with Gasteiger partial charge in [0.15, 0.2) is 5.69 Å². The Bertz CT molecular complexity index is 777. The van der Waals surface area contributed by atoms with Crippen LogP contribution >= 0.6 is 0 Å². The van der Waals surface area contributed by atoms with Crippen molar-refractivity contribution in [2.45, 2.75) is 6.92 Å². The Balaban J connectivity index is 2.14. The van der Waals surface area contributed by atoms with Gasteiger partial charge < -0.3 is 5.11 Å². The Morgan fingerprint density at radius 2 is 1.76 bits per heavy atom. The van der Waals surface area contributed by atoms with E-state index in [1.807, 2.05) is 31.2 Å². The molecule has 0 saturated heterocycles. The molecule has 0 fully saturated rings. The molecular weight excluding hydrogens is 266 g/mol. The molecule has 0 aliphatic carbocycles. The number of aryl methyl sites for hydroxylation is 1. The van der Waals surface area contributed by atoms with Gasteiger partial charge in [0.2, 0.25) is 0 Å². The highest BCUT2D eigenvalue weighted by Gasteiger charge is 2.16. The van der Waals surface area contributed by atoms with E-state index in [2.05, 4.69) is 10.1 Å². The molecule has 0 aliphatic rings. The van der Waals surface area contributed by atoms with Crippen molar-refractivity contribution >= 4 is 5.97 Å². The van der Waals surface area contributed by atoms with Crippen LogP contribution in [0.1, 0.15) is 16.1 Å². The fraction of sp³-hybridized carbons (Fsp3) is 0.0625. The average molecular weight is 279 g/mol. The van der Waals surface area contributed by atoms with Crippen LogP contribution in [0, 0.1) is 6.92 Å². The number of hydrogen-bond acceptors (Lipinski definition) is 3. The molecule has 0 spiro atoms. The second-order valence-electron chi connectivity index (χ2n) is 4.70. The Morgan fingerprint density at radius 3 is 2.38 bits per heavy atom. The summed E-state index contributed by atoms with van der Waals surface area (Å²) in [7, 11) is 0. The van der Waals surface area contributed by atoms with Crippen LogP contribution < -0.4 is 0 Å². The summed E-state index contributed by atoms with van der Waals surface area (Å²) in [6, 6.07) is 12.7. The highest BCUT2D eigenvalue weighted by molar-refractivity contribution is 5.88. The summed E-state index contributed by atoms with van der Waals surface area (Å²) in [6.45, 7) is 1.98. The highest BCUT2D eigenvalue weighted by Crippen LogP contribution is 2.21. The van der Waals surface area contributed by atoms with E-state index in [0.717, 1.165) is 16.8 Å². The van der Waals surface area contributed by atoms with Crippen LogP contribution in [0.5, 0.6) is 0 Å². The van der Waals surface area contributed by atoms with Crippen molar-refractivity contribution in [1.82, 2.24) is 14.8 Å². The third-order valence-corrected chi connectivity index (χ3v) is 3.18. The van der Waals surface area contributed by atoms with E-state index in [9.17, 15) is 9.90 Å². The molecule has 2 aromatic heterocycles. The third kappa shape index (κ3) is 2.53. The van der Waals surface area contributed by atoms with E-state index in [1.165, 1.54) is 4.68 Å². The maximum atomic E-state index is 11.4. The quantitative estimate of drug-likeness (QED) is 0.800. The zero-order valence-corrected chi connectivity index (χ0v) is 11.4. The summed E-state index contributed by atoms with van der Waals surface area (Å²) >= 11 is 0. The van der Waals surface area contributed by atoms with E-state index in [1.54, 1.807) is 30.6 Å². The SMILES string of the molecule is Cc1ccc(-n2nc(-c3ccncc3)cc2C(=O)O)cc1. The summed E-state index contributed by atoms with van der Waals surface area (Å²) in [6.07, 6.45) is 3.31. The minimum atomic E-state index is -1.01. The first-order valence-corrected chi connectivity index (χ1v) is 6.46. The minimum absolute atomic E-state index is 0.130. The van der Waals surface area contributed by atoms with Crippen molar-refractivity contribution in [2.75, 3.05) is 0 Å². The van der Waals surface area contributed by atoms with E-state index >= 15 is 0 Å². The van der Waals surface area contributed by atoms with Crippen LogP contribution in [0.25, 0.3) is 16.9 Å². The zero-order chi connectivity index (χ0) is 14.8. The minimum Gasteiger partial charge on any atom is -0.477 e. The summed E-state index contributed by atoms with van der Waals surface area (Å²) in [5, 5.41) is 13.8. The van der Waals surface area contributed by atoms with Crippen LogP contribution in [0.2, 0.25) is 0 Å².